The molecule has 4 N–H and O–H groups in total. The van der Waals surface area contributed by atoms with Gasteiger partial charge in [-0.3, -0.25) is 0 Å². The largest absolute Gasteiger partial charge is 0.410 e. The van der Waals surface area contributed by atoms with Crippen molar-refractivity contribution in [2.45, 2.75) is 0 Å². The predicted octanol–water partition coefficient (Wildman–Crippen LogP) is 5.48. The van der Waals surface area contributed by atoms with Crippen molar-refractivity contribution in [2.75, 3.05) is 0 Å². The van der Waals surface area contributed by atoms with Gasteiger partial charge in [-0.2, -0.15) is 0 Å². The van der Waals surface area contributed by atoms with Crippen LogP contribution in [0.25, 0.3) is 0 Å². The van der Waals surface area contributed by atoms with Gasteiger partial charge < -0.3 is 20.8 Å². The summed E-state index contributed by atoms with van der Waals surface area (Å²) in [6.45, 7) is 0. The van der Waals surface area contributed by atoms with Gasteiger partial charge in [0.05, 0.1) is 0 Å². The first-order chi connectivity index (χ1) is 17.7. The number of benzene rings is 4. The zero-order valence-electron chi connectivity index (χ0n) is 19.4. The van der Waals surface area contributed by atoms with E-state index in [1.54, 1.807) is 48.5 Å². The maximum Gasteiger partial charge on any atom is 0.139 e. The van der Waals surface area contributed by atoms with E-state index in [-0.39, 0.29) is 43.3 Å². The third-order valence-corrected chi connectivity index (χ3v) is 5.04. The summed E-state index contributed by atoms with van der Waals surface area (Å²) in [7, 11) is 0. The Morgan fingerprint density at radius 3 is 0.622 bits per heavy atom. The van der Waals surface area contributed by atoms with Crippen LogP contribution in [0.15, 0.2) is 142 Å². The minimum absolute atomic E-state index is 0. The number of rotatable bonds is 6. The van der Waals surface area contributed by atoms with Gasteiger partial charge in [-0.1, -0.05) is 142 Å². The van der Waals surface area contributed by atoms with E-state index in [2.05, 4.69) is 20.6 Å². The van der Waals surface area contributed by atoms with Gasteiger partial charge in [0.25, 0.3) is 0 Å². The van der Waals surface area contributed by atoms with E-state index >= 15 is 0 Å². The molecule has 0 radical (unpaired) electrons. The topological polar surface area (TPSA) is 130 Å². The second-order valence-corrected chi connectivity index (χ2v) is 7.26. The summed E-state index contributed by atoms with van der Waals surface area (Å²) in [5, 5.41) is 49.5. The zero-order valence-corrected chi connectivity index (χ0v) is 21.0. The average molecular weight is 587 g/mol. The van der Waals surface area contributed by atoms with E-state index in [0.29, 0.717) is 22.3 Å². The minimum Gasteiger partial charge on any atom is -0.410 e. The molecule has 0 spiro atoms. The number of oxime groups is 4. The Hall–Kier alpha value is -4.58. The Kier molecular flexibility index (Phi) is 11.9. The van der Waals surface area contributed by atoms with Gasteiger partial charge in [0.2, 0.25) is 0 Å². The van der Waals surface area contributed by atoms with Crippen LogP contribution in [0.1, 0.15) is 22.3 Å². The predicted molar refractivity (Wildman–Crippen MR) is 139 cm³/mol. The normalized spacial score (nSPS) is 12.1. The molecule has 0 aliphatic rings. The van der Waals surface area contributed by atoms with Crippen molar-refractivity contribution in [2.24, 2.45) is 20.6 Å². The molecule has 9 heteroatoms. The van der Waals surface area contributed by atoms with Gasteiger partial charge in [0.15, 0.2) is 0 Å². The van der Waals surface area contributed by atoms with Crippen LogP contribution in [-0.4, -0.2) is 43.7 Å². The van der Waals surface area contributed by atoms with Crippen LogP contribution < -0.4 is 0 Å². The molecule has 4 rings (SSSR count). The van der Waals surface area contributed by atoms with Crippen molar-refractivity contribution in [3.05, 3.63) is 144 Å². The van der Waals surface area contributed by atoms with Gasteiger partial charge >= 0.3 is 0 Å². The average Bonchev–Trinajstić information content (AvgIpc) is 2.96. The molecule has 0 saturated carbocycles. The number of hydrogen-bond donors (Lipinski definition) is 4. The van der Waals surface area contributed by atoms with Gasteiger partial charge in [0, 0.05) is 42.7 Å². The quantitative estimate of drug-likeness (QED) is 0.103. The molecule has 0 saturated heterocycles. The molecular formula is C28H24N4O4Pd. The summed E-state index contributed by atoms with van der Waals surface area (Å²) < 4.78 is 0. The van der Waals surface area contributed by atoms with Crippen molar-refractivity contribution in [1.82, 2.24) is 0 Å². The molecule has 0 aliphatic carbocycles. The maximum absolute atomic E-state index is 9.14. The summed E-state index contributed by atoms with van der Waals surface area (Å²) in [5.41, 5.74) is 3.61. The van der Waals surface area contributed by atoms with Crippen molar-refractivity contribution < 1.29 is 41.3 Å². The molecule has 0 fully saturated rings. The third-order valence-electron chi connectivity index (χ3n) is 5.04. The Morgan fingerprint density at radius 2 is 0.486 bits per heavy atom. The fourth-order valence-corrected chi connectivity index (χ4v) is 3.35. The van der Waals surface area contributed by atoms with Crippen LogP contribution in [0.5, 0.6) is 0 Å². The SMILES string of the molecule is ON=C(C(=NO)c1ccccc1)c1ccccc1.ON=C(C(=NO)c1ccccc1)c1ccccc1.[Pd]. The smallest absolute Gasteiger partial charge is 0.139 e. The van der Waals surface area contributed by atoms with Crippen LogP contribution in [-0.2, 0) is 20.4 Å². The first-order valence-corrected chi connectivity index (χ1v) is 10.8. The minimum atomic E-state index is 0. The molecule has 0 atom stereocenters. The van der Waals surface area contributed by atoms with Crippen molar-refractivity contribution in [1.29, 1.82) is 0 Å². The number of hydrogen-bond acceptors (Lipinski definition) is 8. The molecule has 0 amide bonds. The van der Waals surface area contributed by atoms with Crippen LogP contribution >= 0.6 is 0 Å². The molecule has 0 heterocycles. The molecule has 0 unspecified atom stereocenters. The van der Waals surface area contributed by atoms with E-state index in [9.17, 15) is 0 Å². The Morgan fingerprint density at radius 1 is 0.324 bits per heavy atom. The molecule has 0 bridgehead atoms. The first kappa shape index (κ1) is 28.7. The van der Waals surface area contributed by atoms with Crippen molar-refractivity contribution >= 4 is 22.8 Å². The van der Waals surface area contributed by atoms with Crippen molar-refractivity contribution in [3.63, 3.8) is 0 Å². The molecule has 190 valence electrons. The van der Waals surface area contributed by atoms with E-state index < -0.39 is 0 Å². The summed E-state index contributed by atoms with van der Waals surface area (Å²) in [6.07, 6.45) is 0. The van der Waals surface area contributed by atoms with E-state index in [4.69, 9.17) is 20.8 Å². The third kappa shape index (κ3) is 7.70. The van der Waals surface area contributed by atoms with Crippen LogP contribution in [0.4, 0.5) is 0 Å². The monoisotopic (exact) mass is 586 g/mol. The second-order valence-electron chi connectivity index (χ2n) is 7.26. The van der Waals surface area contributed by atoms with E-state index in [1.165, 1.54) is 0 Å². The van der Waals surface area contributed by atoms with E-state index in [1.807, 2.05) is 72.8 Å². The molecule has 0 aromatic heterocycles. The Bertz CT molecular complexity index is 1130. The fraction of sp³-hybridized carbons (Fsp3) is 0. The molecule has 8 nitrogen and oxygen atoms in total. The summed E-state index contributed by atoms with van der Waals surface area (Å²) >= 11 is 0. The van der Waals surface area contributed by atoms with Gasteiger partial charge in [0.1, 0.15) is 22.8 Å². The zero-order chi connectivity index (χ0) is 25.6. The summed E-state index contributed by atoms with van der Waals surface area (Å²) in [5.74, 6) is 0. The van der Waals surface area contributed by atoms with Gasteiger partial charge in [-0.25, -0.2) is 0 Å². The number of nitrogens with zero attached hydrogens (tertiary/aromatic N) is 4. The van der Waals surface area contributed by atoms with Crippen LogP contribution in [0.2, 0.25) is 0 Å². The first-order valence-electron chi connectivity index (χ1n) is 10.8. The van der Waals surface area contributed by atoms with E-state index in [0.717, 1.165) is 0 Å². The van der Waals surface area contributed by atoms with Gasteiger partial charge in [-0.15, -0.1) is 0 Å². The molecule has 4 aromatic rings. The van der Waals surface area contributed by atoms with Crippen molar-refractivity contribution in [3.8, 4) is 0 Å². The molecule has 4 aromatic carbocycles. The Labute approximate surface area is 227 Å². The van der Waals surface area contributed by atoms with Crippen LogP contribution in [0.3, 0.4) is 0 Å². The second kappa shape index (κ2) is 15.4. The van der Waals surface area contributed by atoms with Crippen LogP contribution in [0, 0.1) is 0 Å². The molecule has 37 heavy (non-hydrogen) atoms. The molecular weight excluding hydrogens is 563 g/mol. The summed E-state index contributed by atoms with van der Waals surface area (Å²) in [4.78, 5) is 0. The molecule has 0 aliphatic heterocycles. The van der Waals surface area contributed by atoms with Gasteiger partial charge in [-0.05, 0) is 0 Å². The standard InChI is InChI=1S/2C14H12N2O2.Pd/c2*17-15-13(11-7-3-1-4-8-11)14(16-18)12-9-5-2-6-10-12;/h2*1-10,17-18H;. The fourth-order valence-electron chi connectivity index (χ4n) is 3.35. The Balaban J connectivity index is 0.000000253. The summed E-state index contributed by atoms with van der Waals surface area (Å²) in [6, 6.07) is 36.2. The maximum atomic E-state index is 9.14.